The highest BCUT2D eigenvalue weighted by Gasteiger charge is 2.27. The van der Waals surface area contributed by atoms with Gasteiger partial charge in [0.25, 0.3) is 0 Å². The van der Waals surface area contributed by atoms with Crippen molar-refractivity contribution >= 4 is 5.91 Å². The van der Waals surface area contributed by atoms with Gasteiger partial charge in [-0.25, -0.2) is 0 Å². The molecular formula is C19H29N3O2. The molecule has 1 amide bonds. The lowest BCUT2D eigenvalue weighted by atomic mass is 10.1. The first-order valence-electron chi connectivity index (χ1n) is 9.05. The third kappa shape index (κ3) is 4.79. The monoisotopic (exact) mass is 331 g/mol. The first kappa shape index (κ1) is 17.4. The number of carbonyl (C=O) groups excluding carboxylic acids is 1. The molecule has 0 spiro atoms. The predicted octanol–water partition coefficient (Wildman–Crippen LogP) is 1.65. The summed E-state index contributed by atoms with van der Waals surface area (Å²) in [5.74, 6) is 0.244. The minimum Gasteiger partial charge on any atom is -0.376 e. The number of amides is 1. The molecule has 3 unspecified atom stereocenters. The molecule has 1 heterocycles. The molecule has 1 saturated carbocycles. The summed E-state index contributed by atoms with van der Waals surface area (Å²) in [4.78, 5) is 14.6. The van der Waals surface area contributed by atoms with Crippen LogP contribution in [0.3, 0.4) is 0 Å². The van der Waals surface area contributed by atoms with Gasteiger partial charge in [-0.2, -0.15) is 0 Å². The zero-order chi connectivity index (χ0) is 16.9. The van der Waals surface area contributed by atoms with E-state index in [1.54, 1.807) is 0 Å². The summed E-state index contributed by atoms with van der Waals surface area (Å²) >= 11 is 0. The number of nitrogens with two attached hydrogens (primary N) is 1. The Hall–Kier alpha value is -1.43. The van der Waals surface area contributed by atoms with Gasteiger partial charge in [-0.15, -0.1) is 0 Å². The van der Waals surface area contributed by atoms with E-state index in [-0.39, 0.29) is 17.9 Å². The molecule has 2 fully saturated rings. The molecule has 24 heavy (non-hydrogen) atoms. The zero-order valence-corrected chi connectivity index (χ0v) is 14.5. The lowest BCUT2D eigenvalue weighted by Crippen LogP contribution is -2.40. The standard InChI is InChI=1S/C19H29N3O2/c1-14-12-22(7-8-24-14)13-16-4-2-3-15(9-16)11-21-19(23)17-5-6-18(20)10-17/h2-4,9,14,17-18H,5-8,10-13,20H2,1H3,(H,21,23). The molecule has 1 aromatic carbocycles. The van der Waals surface area contributed by atoms with Gasteiger partial charge in [0.2, 0.25) is 5.91 Å². The Kier molecular flexibility index (Phi) is 5.87. The number of hydrogen-bond acceptors (Lipinski definition) is 4. The number of rotatable bonds is 5. The van der Waals surface area contributed by atoms with Crippen molar-refractivity contribution in [1.29, 1.82) is 0 Å². The van der Waals surface area contributed by atoms with E-state index in [2.05, 4.69) is 41.4 Å². The van der Waals surface area contributed by atoms with Crippen molar-refractivity contribution in [1.82, 2.24) is 10.2 Å². The van der Waals surface area contributed by atoms with E-state index in [1.165, 1.54) is 5.56 Å². The number of carbonyl (C=O) groups is 1. The average molecular weight is 331 g/mol. The Bertz CT molecular complexity index is 563. The lowest BCUT2D eigenvalue weighted by Gasteiger charge is -2.31. The molecule has 3 N–H and O–H groups in total. The van der Waals surface area contributed by atoms with E-state index in [1.807, 2.05) is 0 Å². The summed E-state index contributed by atoms with van der Waals surface area (Å²) in [5, 5.41) is 3.07. The van der Waals surface area contributed by atoms with Crippen molar-refractivity contribution in [3.8, 4) is 0 Å². The fourth-order valence-electron chi connectivity index (χ4n) is 3.72. The summed E-state index contributed by atoms with van der Waals surface area (Å²) in [5.41, 5.74) is 8.34. The van der Waals surface area contributed by atoms with E-state index in [9.17, 15) is 4.79 Å². The highest BCUT2D eigenvalue weighted by Crippen LogP contribution is 2.24. The molecule has 5 heteroatoms. The molecule has 1 aromatic rings. The number of morpholine rings is 1. The topological polar surface area (TPSA) is 67.6 Å². The Morgan fingerprint density at radius 2 is 2.21 bits per heavy atom. The van der Waals surface area contributed by atoms with Gasteiger partial charge in [0, 0.05) is 38.1 Å². The predicted molar refractivity (Wildman–Crippen MR) is 94.3 cm³/mol. The van der Waals surface area contributed by atoms with E-state index in [4.69, 9.17) is 10.5 Å². The van der Waals surface area contributed by atoms with E-state index < -0.39 is 0 Å². The molecule has 1 aliphatic heterocycles. The first-order chi connectivity index (χ1) is 11.6. The SMILES string of the molecule is CC1CN(Cc2cccc(CNC(=O)C3CCC(N)C3)c2)CCO1. The third-order valence-electron chi connectivity index (χ3n) is 5.03. The molecular weight excluding hydrogens is 302 g/mol. The Morgan fingerprint density at radius 3 is 2.96 bits per heavy atom. The van der Waals surface area contributed by atoms with Crippen LogP contribution in [-0.4, -0.2) is 42.6 Å². The Balaban J connectivity index is 1.50. The van der Waals surface area contributed by atoms with Gasteiger partial charge in [-0.05, 0) is 37.3 Å². The summed E-state index contributed by atoms with van der Waals surface area (Å²) in [6.07, 6.45) is 3.01. The van der Waals surface area contributed by atoms with Gasteiger partial charge in [-0.1, -0.05) is 24.3 Å². The van der Waals surface area contributed by atoms with Crippen LogP contribution in [0.4, 0.5) is 0 Å². The van der Waals surface area contributed by atoms with Crippen LogP contribution in [-0.2, 0) is 22.6 Å². The minimum atomic E-state index is 0.0954. The van der Waals surface area contributed by atoms with Crippen LogP contribution in [0.25, 0.3) is 0 Å². The zero-order valence-electron chi connectivity index (χ0n) is 14.5. The van der Waals surface area contributed by atoms with Gasteiger partial charge in [0.1, 0.15) is 0 Å². The third-order valence-corrected chi connectivity index (χ3v) is 5.03. The van der Waals surface area contributed by atoms with Crippen LogP contribution >= 0.6 is 0 Å². The van der Waals surface area contributed by atoms with Crippen LogP contribution in [0.2, 0.25) is 0 Å². The summed E-state index contributed by atoms with van der Waals surface area (Å²) in [6.45, 7) is 6.41. The van der Waals surface area contributed by atoms with Gasteiger partial charge in [0.05, 0.1) is 12.7 Å². The lowest BCUT2D eigenvalue weighted by molar-refractivity contribution is -0.125. The maximum Gasteiger partial charge on any atom is 0.223 e. The normalized spacial score (nSPS) is 28.0. The number of nitrogens with one attached hydrogen (secondary N) is 1. The van der Waals surface area contributed by atoms with Crippen LogP contribution in [0.1, 0.15) is 37.3 Å². The molecule has 1 aliphatic carbocycles. The van der Waals surface area contributed by atoms with Crippen molar-refractivity contribution in [2.45, 2.75) is 51.4 Å². The van der Waals surface area contributed by atoms with E-state index in [0.29, 0.717) is 12.6 Å². The maximum absolute atomic E-state index is 12.2. The molecule has 0 bridgehead atoms. The fourth-order valence-corrected chi connectivity index (χ4v) is 3.72. The van der Waals surface area contributed by atoms with Crippen molar-refractivity contribution in [2.24, 2.45) is 11.7 Å². The second kappa shape index (κ2) is 8.10. The molecule has 3 rings (SSSR count). The van der Waals surface area contributed by atoms with Crippen LogP contribution in [0.15, 0.2) is 24.3 Å². The molecule has 3 atom stereocenters. The highest BCUT2D eigenvalue weighted by atomic mass is 16.5. The van der Waals surface area contributed by atoms with E-state index >= 15 is 0 Å². The van der Waals surface area contributed by atoms with E-state index in [0.717, 1.165) is 51.1 Å². The number of hydrogen-bond donors (Lipinski definition) is 2. The largest absolute Gasteiger partial charge is 0.376 e. The van der Waals surface area contributed by atoms with Gasteiger partial charge in [0.15, 0.2) is 0 Å². The van der Waals surface area contributed by atoms with Gasteiger partial charge >= 0.3 is 0 Å². The summed E-state index contributed by atoms with van der Waals surface area (Å²) < 4.78 is 5.59. The van der Waals surface area contributed by atoms with Crippen molar-refractivity contribution in [3.63, 3.8) is 0 Å². The molecule has 0 radical (unpaired) electrons. The number of nitrogens with zero attached hydrogens (tertiary/aromatic N) is 1. The molecule has 5 nitrogen and oxygen atoms in total. The average Bonchev–Trinajstić information content (AvgIpc) is 3.00. The number of benzene rings is 1. The van der Waals surface area contributed by atoms with Crippen molar-refractivity contribution in [3.05, 3.63) is 35.4 Å². The van der Waals surface area contributed by atoms with Crippen molar-refractivity contribution < 1.29 is 9.53 Å². The quantitative estimate of drug-likeness (QED) is 0.861. The number of ether oxygens (including phenoxy) is 1. The van der Waals surface area contributed by atoms with Crippen LogP contribution in [0, 0.1) is 5.92 Å². The van der Waals surface area contributed by atoms with Gasteiger partial charge in [-0.3, -0.25) is 9.69 Å². The minimum absolute atomic E-state index is 0.0954. The summed E-state index contributed by atoms with van der Waals surface area (Å²) in [6, 6.07) is 8.69. The molecule has 0 aromatic heterocycles. The van der Waals surface area contributed by atoms with Crippen molar-refractivity contribution in [2.75, 3.05) is 19.7 Å². The second-order valence-corrected chi connectivity index (χ2v) is 7.22. The maximum atomic E-state index is 12.2. The fraction of sp³-hybridized carbons (Fsp3) is 0.632. The highest BCUT2D eigenvalue weighted by molar-refractivity contribution is 5.79. The Labute approximate surface area is 144 Å². The summed E-state index contributed by atoms with van der Waals surface area (Å²) in [7, 11) is 0. The smallest absolute Gasteiger partial charge is 0.223 e. The Morgan fingerprint density at radius 1 is 1.38 bits per heavy atom. The second-order valence-electron chi connectivity index (χ2n) is 7.22. The first-order valence-corrected chi connectivity index (χ1v) is 9.05. The van der Waals surface area contributed by atoms with Gasteiger partial charge < -0.3 is 15.8 Å². The van der Waals surface area contributed by atoms with Crippen LogP contribution in [0.5, 0.6) is 0 Å². The van der Waals surface area contributed by atoms with Crippen LogP contribution < -0.4 is 11.1 Å². The molecule has 132 valence electrons. The molecule has 1 saturated heterocycles. The molecule has 2 aliphatic rings.